The lowest BCUT2D eigenvalue weighted by Gasteiger charge is -2.03. The van der Waals surface area contributed by atoms with Gasteiger partial charge in [-0.2, -0.15) is 0 Å². The summed E-state index contributed by atoms with van der Waals surface area (Å²) in [7, 11) is 0. The summed E-state index contributed by atoms with van der Waals surface area (Å²) in [5.74, 6) is 1.02. The van der Waals surface area contributed by atoms with Crippen LogP contribution in [0.5, 0.6) is 0 Å². The minimum Gasteiger partial charge on any atom is -0.303 e. The van der Waals surface area contributed by atoms with E-state index in [1.54, 1.807) is 0 Å². The first-order valence-corrected chi connectivity index (χ1v) is 9.19. The van der Waals surface area contributed by atoms with Crippen molar-refractivity contribution in [2.45, 2.75) is 96.3 Å². The highest BCUT2D eigenvalue weighted by atomic mass is 16.1. The van der Waals surface area contributed by atoms with E-state index in [2.05, 4.69) is 21.6 Å². The largest absolute Gasteiger partial charge is 0.303 e. The molecule has 0 saturated heterocycles. The predicted octanol–water partition coefficient (Wildman–Crippen LogP) is 3.96. The third-order valence-corrected chi connectivity index (χ3v) is 4.19. The second kappa shape index (κ2) is 14.8. The average Bonchev–Trinajstić information content (AvgIpc) is 3.04. The zero-order chi connectivity index (χ0) is 15.7. The lowest BCUT2D eigenvalue weighted by Crippen LogP contribution is -2.34. The van der Waals surface area contributed by atoms with Crippen molar-refractivity contribution in [2.24, 2.45) is 5.10 Å². The summed E-state index contributed by atoms with van der Waals surface area (Å²) < 4.78 is 0. The highest BCUT2D eigenvalue weighted by molar-refractivity contribution is 5.82. The molecule has 0 aromatic rings. The predicted molar refractivity (Wildman–Crippen MR) is 92.2 cm³/mol. The average molecular weight is 310 g/mol. The molecule has 22 heavy (non-hydrogen) atoms. The Balaban J connectivity index is 1.67. The fraction of sp³-hybridized carbons (Fsp3) is 0.882. The van der Waals surface area contributed by atoms with Gasteiger partial charge in [-0.1, -0.05) is 70.6 Å². The number of amidine groups is 1. The number of carbonyl (C=O) groups is 1. The second-order valence-corrected chi connectivity index (χ2v) is 6.22. The van der Waals surface area contributed by atoms with Gasteiger partial charge in [0.15, 0.2) is 0 Å². The first kappa shape index (κ1) is 18.9. The number of rotatable bonds is 16. The van der Waals surface area contributed by atoms with E-state index in [1.807, 2.05) is 0 Å². The molecule has 1 rings (SSSR count). The maximum atomic E-state index is 10.2. The van der Waals surface area contributed by atoms with E-state index in [-0.39, 0.29) is 0 Å². The maximum Gasteiger partial charge on any atom is 0.139 e. The molecule has 0 aromatic carbocycles. The van der Waals surface area contributed by atoms with Gasteiger partial charge in [0.25, 0.3) is 0 Å². The maximum absolute atomic E-state index is 10.2. The second-order valence-electron chi connectivity index (χ2n) is 6.22. The van der Waals surface area contributed by atoms with E-state index in [9.17, 15) is 4.79 Å². The molecule has 1 heterocycles. The summed E-state index contributed by atoms with van der Waals surface area (Å²) in [6.07, 6.45) is 20.0. The molecule has 1 aliphatic heterocycles. The minimum absolute atomic E-state index is 0.748. The van der Waals surface area contributed by atoms with Crippen LogP contribution < -0.4 is 16.5 Å². The Hall–Kier alpha value is -1.10. The van der Waals surface area contributed by atoms with E-state index in [4.69, 9.17) is 0 Å². The Bertz CT molecular complexity index is 294. The molecule has 0 unspecified atom stereocenters. The molecule has 0 fully saturated rings. The number of hydrazone groups is 1. The van der Waals surface area contributed by atoms with Crippen LogP contribution in [0.3, 0.4) is 0 Å². The first-order chi connectivity index (χ1) is 10.9. The fourth-order valence-corrected chi connectivity index (χ4v) is 2.81. The van der Waals surface area contributed by atoms with Crippen molar-refractivity contribution in [2.75, 3.05) is 0 Å². The van der Waals surface area contributed by atoms with E-state index < -0.39 is 0 Å². The van der Waals surface area contributed by atoms with Crippen molar-refractivity contribution >= 4 is 12.1 Å². The van der Waals surface area contributed by atoms with Crippen LogP contribution in [0.15, 0.2) is 5.10 Å². The molecule has 0 bridgehead atoms. The molecule has 0 aliphatic carbocycles. The van der Waals surface area contributed by atoms with Gasteiger partial charge in [-0.05, 0) is 12.8 Å². The van der Waals surface area contributed by atoms with Crippen molar-refractivity contribution in [3.8, 4) is 0 Å². The quantitative estimate of drug-likeness (QED) is 0.298. The summed E-state index contributed by atoms with van der Waals surface area (Å²) in [5, 5.41) is 4.07. The Kier molecular flexibility index (Phi) is 12.8. The topological polar surface area (TPSA) is 65.5 Å². The van der Waals surface area contributed by atoms with Crippen LogP contribution in [0.25, 0.3) is 0 Å². The fourth-order valence-electron chi connectivity index (χ4n) is 2.81. The third-order valence-electron chi connectivity index (χ3n) is 4.19. The van der Waals surface area contributed by atoms with Crippen molar-refractivity contribution in [1.82, 2.24) is 16.5 Å². The Morgan fingerprint density at radius 2 is 1.23 bits per heavy atom. The first-order valence-electron chi connectivity index (χ1n) is 9.19. The van der Waals surface area contributed by atoms with Crippen LogP contribution in [0.4, 0.5) is 0 Å². The SMILES string of the molecule is O=CCCCCCCCCCCCCCCCC1=NNNN1. The van der Waals surface area contributed by atoms with Gasteiger partial charge in [-0.15, -0.1) is 10.6 Å². The van der Waals surface area contributed by atoms with E-state index in [0.717, 1.165) is 31.4 Å². The van der Waals surface area contributed by atoms with E-state index >= 15 is 0 Å². The number of hydrazine groups is 2. The number of aldehydes is 1. The van der Waals surface area contributed by atoms with Gasteiger partial charge in [0.1, 0.15) is 12.1 Å². The van der Waals surface area contributed by atoms with Gasteiger partial charge in [0.05, 0.1) is 0 Å². The monoisotopic (exact) mass is 310 g/mol. The molecule has 0 radical (unpaired) electrons. The molecular weight excluding hydrogens is 276 g/mol. The Morgan fingerprint density at radius 3 is 1.68 bits per heavy atom. The van der Waals surface area contributed by atoms with Gasteiger partial charge < -0.3 is 4.79 Å². The number of unbranched alkanes of at least 4 members (excludes halogenated alkanes) is 13. The molecule has 5 heteroatoms. The molecule has 0 amide bonds. The van der Waals surface area contributed by atoms with Crippen LogP contribution in [0, 0.1) is 0 Å². The lowest BCUT2D eigenvalue weighted by molar-refractivity contribution is -0.107. The van der Waals surface area contributed by atoms with Gasteiger partial charge >= 0.3 is 0 Å². The smallest absolute Gasteiger partial charge is 0.139 e. The molecule has 1 aliphatic rings. The Labute approximate surface area is 135 Å². The minimum atomic E-state index is 0.748. The number of nitrogens with zero attached hydrogens (tertiary/aromatic N) is 1. The van der Waals surface area contributed by atoms with Crippen LogP contribution in [0.1, 0.15) is 96.3 Å². The van der Waals surface area contributed by atoms with Crippen LogP contribution in [-0.2, 0) is 4.79 Å². The highest BCUT2D eigenvalue weighted by Gasteiger charge is 2.02. The van der Waals surface area contributed by atoms with Gasteiger partial charge in [-0.25, -0.2) is 5.53 Å². The van der Waals surface area contributed by atoms with Crippen molar-refractivity contribution in [1.29, 1.82) is 0 Å². The molecular formula is C17H34N4O. The number of hydrogen-bond acceptors (Lipinski definition) is 5. The molecule has 0 atom stereocenters. The van der Waals surface area contributed by atoms with Gasteiger partial charge in [0, 0.05) is 12.8 Å². The molecule has 0 spiro atoms. The number of hydrogen-bond donors (Lipinski definition) is 3. The summed E-state index contributed by atoms with van der Waals surface area (Å²) >= 11 is 0. The lowest BCUT2D eigenvalue weighted by atomic mass is 10.0. The zero-order valence-corrected chi connectivity index (χ0v) is 14.0. The van der Waals surface area contributed by atoms with E-state index in [0.29, 0.717) is 0 Å². The van der Waals surface area contributed by atoms with Crippen molar-refractivity contribution in [3.05, 3.63) is 0 Å². The van der Waals surface area contributed by atoms with E-state index in [1.165, 1.54) is 77.0 Å². The summed E-state index contributed by atoms with van der Waals surface area (Å²) in [4.78, 5) is 10.2. The highest BCUT2D eigenvalue weighted by Crippen LogP contribution is 2.13. The molecule has 5 nitrogen and oxygen atoms in total. The molecule has 3 N–H and O–H groups in total. The number of carbonyl (C=O) groups excluding carboxylic acids is 1. The Morgan fingerprint density at radius 1 is 0.727 bits per heavy atom. The molecule has 0 aromatic heterocycles. The van der Waals surface area contributed by atoms with Gasteiger partial charge in [-0.3, -0.25) is 5.43 Å². The standard InChI is InChI=1S/C17H34N4O/c22-16-14-12-10-8-6-4-2-1-3-5-7-9-11-13-15-17-18-20-21-19-17/h16,20-21H,1-15H2,(H,18,19). The van der Waals surface area contributed by atoms with Crippen LogP contribution >= 0.6 is 0 Å². The number of nitrogens with one attached hydrogen (secondary N) is 3. The van der Waals surface area contributed by atoms with Crippen molar-refractivity contribution in [3.63, 3.8) is 0 Å². The summed E-state index contributed by atoms with van der Waals surface area (Å²) in [6.45, 7) is 0. The van der Waals surface area contributed by atoms with Crippen LogP contribution in [-0.4, -0.2) is 12.1 Å². The van der Waals surface area contributed by atoms with Crippen molar-refractivity contribution < 1.29 is 4.79 Å². The third kappa shape index (κ3) is 11.5. The normalized spacial score (nSPS) is 13.5. The van der Waals surface area contributed by atoms with Crippen LogP contribution in [0.2, 0.25) is 0 Å². The van der Waals surface area contributed by atoms with Gasteiger partial charge in [0.2, 0.25) is 0 Å². The molecule has 0 saturated carbocycles. The molecule has 128 valence electrons. The summed E-state index contributed by atoms with van der Waals surface area (Å²) in [5.41, 5.74) is 8.42. The zero-order valence-electron chi connectivity index (χ0n) is 14.0. The summed E-state index contributed by atoms with van der Waals surface area (Å²) in [6, 6.07) is 0.